The lowest BCUT2D eigenvalue weighted by atomic mass is 9.92. The molecule has 9 heteroatoms. The van der Waals surface area contributed by atoms with Crippen LogP contribution < -0.4 is 0 Å². The Labute approximate surface area is 146 Å². The SMILES string of the molecule is O=C(CCC1CCOCC1)c1ccc(-c2noc(C(F)(F)F)n2)cc1F. The first-order chi connectivity index (χ1) is 12.3. The first kappa shape index (κ1) is 18.5. The first-order valence-corrected chi connectivity index (χ1v) is 8.16. The molecule has 0 radical (unpaired) electrons. The number of carbonyl (C=O) groups is 1. The van der Waals surface area contributed by atoms with E-state index in [4.69, 9.17) is 4.74 Å². The average Bonchev–Trinajstić information content (AvgIpc) is 3.11. The zero-order valence-electron chi connectivity index (χ0n) is 13.7. The van der Waals surface area contributed by atoms with E-state index in [9.17, 15) is 22.4 Å². The number of aromatic nitrogens is 2. The van der Waals surface area contributed by atoms with Crippen LogP contribution in [-0.4, -0.2) is 29.1 Å². The summed E-state index contributed by atoms with van der Waals surface area (Å²) >= 11 is 0. The Balaban J connectivity index is 1.68. The summed E-state index contributed by atoms with van der Waals surface area (Å²) in [5, 5.41) is 3.20. The number of hydrogen-bond acceptors (Lipinski definition) is 5. The van der Waals surface area contributed by atoms with Gasteiger partial charge in [-0.15, -0.1) is 0 Å². The van der Waals surface area contributed by atoms with Crippen molar-refractivity contribution in [2.45, 2.75) is 31.9 Å². The van der Waals surface area contributed by atoms with Crippen LogP contribution in [-0.2, 0) is 10.9 Å². The Kier molecular flexibility index (Phi) is 5.36. The number of rotatable bonds is 5. The molecule has 0 unspecified atom stereocenters. The number of Topliss-reactive ketones (excluding diaryl/α,β-unsaturated/α-hetero) is 1. The van der Waals surface area contributed by atoms with E-state index in [0.29, 0.717) is 25.6 Å². The summed E-state index contributed by atoms with van der Waals surface area (Å²) in [4.78, 5) is 15.4. The minimum Gasteiger partial charge on any atom is -0.381 e. The highest BCUT2D eigenvalue weighted by molar-refractivity contribution is 5.96. The van der Waals surface area contributed by atoms with Crippen molar-refractivity contribution in [1.82, 2.24) is 10.1 Å². The molecule has 0 saturated carbocycles. The van der Waals surface area contributed by atoms with Crippen molar-refractivity contribution in [3.05, 3.63) is 35.5 Å². The molecule has 26 heavy (non-hydrogen) atoms. The monoisotopic (exact) mass is 372 g/mol. The maximum Gasteiger partial charge on any atom is 0.471 e. The second kappa shape index (κ2) is 7.53. The molecule has 1 aromatic heterocycles. The van der Waals surface area contributed by atoms with E-state index in [1.54, 1.807) is 0 Å². The molecule has 1 saturated heterocycles. The van der Waals surface area contributed by atoms with Crippen molar-refractivity contribution in [2.24, 2.45) is 5.92 Å². The fraction of sp³-hybridized carbons (Fsp3) is 0.471. The molecule has 2 aromatic rings. The van der Waals surface area contributed by atoms with Gasteiger partial charge in [0.25, 0.3) is 0 Å². The lowest BCUT2D eigenvalue weighted by Gasteiger charge is -2.21. The molecule has 3 rings (SSSR count). The highest BCUT2D eigenvalue weighted by atomic mass is 19.4. The number of alkyl halides is 3. The molecule has 5 nitrogen and oxygen atoms in total. The van der Waals surface area contributed by atoms with E-state index in [0.717, 1.165) is 18.9 Å². The molecular weight excluding hydrogens is 356 g/mol. The summed E-state index contributed by atoms with van der Waals surface area (Å²) in [6, 6.07) is 3.48. The predicted molar refractivity (Wildman–Crippen MR) is 81.8 cm³/mol. The van der Waals surface area contributed by atoms with Crippen LogP contribution in [0.5, 0.6) is 0 Å². The second-order valence-electron chi connectivity index (χ2n) is 6.13. The molecule has 0 N–H and O–H groups in total. The van der Waals surface area contributed by atoms with Crippen LogP contribution in [0.4, 0.5) is 17.6 Å². The van der Waals surface area contributed by atoms with Crippen LogP contribution in [0.1, 0.15) is 41.9 Å². The predicted octanol–water partition coefficient (Wildman–Crippen LogP) is 4.28. The van der Waals surface area contributed by atoms with Crippen LogP contribution in [0, 0.1) is 11.7 Å². The van der Waals surface area contributed by atoms with E-state index in [2.05, 4.69) is 14.7 Å². The minimum absolute atomic E-state index is 0.00253. The molecule has 1 aromatic carbocycles. The molecule has 0 bridgehead atoms. The topological polar surface area (TPSA) is 65.2 Å². The molecule has 1 fully saturated rings. The number of hydrogen-bond donors (Lipinski definition) is 0. The van der Waals surface area contributed by atoms with Crippen molar-refractivity contribution >= 4 is 5.78 Å². The Morgan fingerprint density at radius 3 is 2.58 bits per heavy atom. The molecule has 0 amide bonds. The lowest BCUT2D eigenvalue weighted by molar-refractivity contribution is -0.159. The highest BCUT2D eigenvalue weighted by Gasteiger charge is 2.38. The normalized spacial score (nSPS) is 16.0. The summed E-state index contributed by atoms with van der Waals surface area (Å²) < 4.78 is 61.1. The number of halogens is 4. The number of benzene rings is 1. The Morgan fingerprint density at radius 1 is 1.23 bits per heavy atom. The summed E-state index contributed by atoms with van der Waals surface area (Å²) in [6.07, 6.45) is -2.14. The number of carbonyl (C=O) groups excluding carboxylic acids is 1. The second-order valence-corrected chi connectivity index (χ2v) is 6.13. The molecule has 1 aliphatic heterocycles. The third-order valence-corrected chi connectivity index (χ3v) is 4.32. The van der Waals surface area contributed by atoms with Gasteiger partial charge < -0.3 is 9.26 Å². The Bertz CT molecular complexity index is 783. The largest absolute Gasteiger partial charge is 0.471 e. The van der Waals surface area contributed by atoms with Gasteiger partial charge in [0, 0.05) is 25.2 Å². The average molecular weight is 372 g/mol. The van der Waals surface area contributed by atoms with E-state index >= 15 is 0 Å². The standard InChI is InChI=1S/C17H16F4N2O3/c18-13-9-11(15-22-16(26-23-15)17(19,20)21)2-3-12(13)14(24)4-1-10-5-7-25-8-6-10/h2-3,9-10H,1,4-8H2. The fourth-order valence-corrected chi connectivity index (χ4v) is 2.84. The van der Waals surface area contributed by atoms with Crippen LogP contribution in [0.15, 0.2) is 22.7 Å². The van der Waals surface area contributed by atoms with Gasteiger partial charge in [-0.1, -0.05) is 11.2 Å². The van der Waals surface area contributed by atoms with Crippen molar-refractivity contribution < 1.29 is 31.6 Å². The van der Waals surface area contributed by atoms with E-state index in [1.807, 2.05) is 0 Å². The van der Waals surface area contributed by atoms with Gasteiger partial charge in [0.15, 0.2) is 5.78 Å². The third-order valence-electron chi connectivity index (χ3n) is 4.32. The van der Waals surface area contributed by atoms with Crippen LogP contribution in [0.3, 0.4) is 0 Å². The smallest absolute Gasteiger partial charge is 0.381 e. The maximum absolute atomic E-state index is 14.2. The Hall–Kier alpha value is -2.29. The summed E-state index contributed by atoms with van der Waals surface area (Å²) in [5.41, 5.74) is -0.0944. The molecule has 140 valence electrons. The molecular formula is C17H16F4N2O3. The zero-order chi connectivity index (χ0) is 18.7. The van der Waals surface area contributed by atoms with Crippen molar-refractivity contribution in [3.63, 3.8) is 0 Å². The lowest BCUT2D eigenvalue weighted by Crippen LogP contribution is -2.16. The van der Waals surface area contributed by atoms with Gasteiger partial charge in [0.05, 0.1) is 5.56 Å². The number of ketones is 1. The van der Waals surface area contributed by atoms with Gasteiger partial charge in [-0.3, -0.25) is 4.79 Å². The first-order valence-electron chi connectivity index (χ1n) is 8.16. The van der Waals surface area contributed by atoms with Crippen LogP contribution >= 0.6 is 0 Å². The quantitative estimate of drug-likeness (QED) is 0.579. The number of nitrogens with zero attached hydrogens (tertiary/aromatic N) is 2. The molecule has 2 heterocycles. The minimum atomic E-state index is -4.77. The highest BCUT2D eigenvalue weighted by Crippen LogP contribution is 2.30. The third kappa shape index (κ3) is 4.27. The van der Waals surface area contributed by atoms with E-state index in [1.165, 1.54) is 12.1 Å². The molecule has 0 atom stereocenters. The van der Waals surface area contributed by atoms with Crippen molar-refractivity contribution in [2.75, 3.05) is 13.2 Å². The maximum atomic E-state index is 14.2. The zero-order valence-corrected chi connectivity index (χ0v) is 13.7. The molecule has 0 aliphatic carbocycles. The summed E-state index contributed by atoms with van der Waals surface area (Å²) in [7, 11) is 0. The number of ether oxygens (including phenoxy) is 1. The van der Waals surface area contributed by atoms with Crippen LogP contribution in [0.25, 0.3) is 11.4 Å². The van der Waals surface area contributed by atoms with Crippen LogP contribution in [0.2, 0.25) is 0 Å². The fourth-order valence-electron chi connectivity index (χ4n) is 2.84. The van der Waals surface area contributed by atoms with Gasteiger partial charge in [-0.2, -0.15) is 18.2 Å². The van der Waals surface area contributed by atoms with Crippen molar-refractivity contribution in [3.8, 4) is 11.4 Å². The molecule has 0 spiro atoms. The van der Waals surface area contributed by atoms with E-state index < -0.39 is 23.7 Å². The Morgan fingerprint density at radius 2 is 1.96 bits per heavy atom. The summed E-state index contributed by atoms with van der Waals surface area (Å²) in [6.45, 7) is 1.35. The van der Waals surface area contributed by atoms with Crippen molar-refractivity contribution in [1.29, 1.82) is 0 Å². The van der Waals surface area contributed by atoms with Gasteiger partial charge >= 0.3 is 12.1 Å². The van der Waals surface area contributed by atoms with E-state index in [-0.39, 0.29) is 23.3 Å². The summed E-state index contributed by atoms with van der Waals surface area (Å²) in [5.74, 6) is -2.68. The van der Waals surface area contributed by atoms with Gasteiger partial charge in [-0.05, 0) is 37.3 Å². The van der Waals surface area contributed by atoms with Gasteiger partial charge in [0.2, 0.25) is 5.82 Å². The van der Waals surface area contributed by atoms with Gasteiger partial charge in [-0.25, -0.2) is 4.39 Å². The molecule has 1 aliphatic rings. The van der Waals surface area contributed by atoms with Gasteiger partial charge in [0.1, 0.15) is 5.82 Å².